The van der Waals surface area contributed by atoms with Gasteiger partial charge in [-0.15, -0.1) is 0 Å². The molecule has 0 radical (unpaired) electrons. The highest BCUT2D eigenvalue weighted by atomic mass is 79.9. The molecule has 0 aliphatic rings. The van der Waals surface area contributed by atoms with E-state index in [4.69, 9.17) is 11.6 Å². The van der Waals surface area contributed by atoms with Crippen LogP contribution in [0.25, 0.3) is 5.65 Å². The smallest absolute Gasteiger partial charge is 0.302 e. The maximum atomic E-state index is 13.9. The van der Waals surface area contributed by atoms with Gasteiger partial charge in [-0.1, -0.05) is 29.8 Å². The Balaban J connectivity index is 1.64. The van der Waals surface area contributed by atoms with Crippen LogP contribution in [-0.2, 0) is 12.7 Å². The van der Waals surface area contributed by atoms with Crippen LogP contribution in [0.5, 0.6) is 0 Å². The van der Waals surface area contributed by atoms with E-state index in [0.29, 0.717) is 10.1 Å². The fourth-order valence-electron chi connectivity index (χ4n) is 2.99. The molecule has 3 aromatic heterocycles. The van der Waals surface area contributed by atoms with Gasteiger partial charge < -0.3 is 5.32 Å². The number of amides is 1. The summed E-state index contributed by atoms with van der Waals surface area (Å²) in [5.41, 5.74) is -1.12. The molecule has 166 valence electrons. The minimum atomic E-state index is -4.71. The van der Waals surface area contributed by atoms with Gasteiger partial charge >= 0.3 is 6.18 Å². The third kappa shape index (κ3) is 4.19. The summed E-state index contributed by atoms with van der Waals surface area (Å²) in [6, 6.07) is 6.92. The Morgan fingerprint density at radius 3 is 2.66 bits per heavy atom. The number of alkyl halides is 3. The van der Waals surface area contributed by atoms with Crippen molar-refractivity contribution in [1.29, 1.82) is 0 Å². The molecule has 0 aliphatic carbocycles. The van der Waals surface area contributed by atoms with Crippen molar-refractivity contribution in [2.75, 3.05) is 5.32 Å². The van der Waals surface area contributed by atoms with Crippen LogP contribution in [0.4, 0.5) is 23.4 Å². The Labute approximate surface area is 191 Å². The third-order valence-corrected chi connectivity index (χ3v) is 5.41. The number of fused-ring (bicyclic) bond motifs is 1. The summed E-state index contributed by atoms with van der Waals surface area (Å²) in [5, 5.41) is 10.4. The van der Waals surface area contributed by atoms with Gasteiger partial charge in [-0.05, 0) is 35.0 Å². The van der Waals surface area contributed by atoms with E-state index in [9.17, 15) is 22.4 Å². The first-order chi connectivity index (χ1) is 15.0. The third-order valence-electron chi connectivity index (χ3n) is 4.41. The summed E-state index contributed by atoms with van der Waals surface area (Å²) in [6.45, 7) is 1.45. The average molecular weight is 532 g/mol. The molecule has 0 unspecified atom stereocenters. The van der Waals surface area contributed by atoms with Crippen LogP contribution in [0.15, 0.2) is 41.0 Å². The molecule has 0 bridgehead atoms. The van der Waals surface area contributed by atoms with Crippen LogP contribution in [0, 0.1) is 12.7 Å². The molecule has 7 nitrogen and oxygen atoms in total. The Hall–Kier alpha value is -2.99. The van der Waals surface area contributed by atoms with Crippen molar-refractivity contribution in [3.63, 3.8) is 0 Å². The summed E-state index contributed by atoms with van der Waals surface area (Å²) < 4.78 is 55.9. The highest BCUT2D eigenvalue weighted by Crippen LogP contribution is 2.32. The molecule has 13 heteroatoms. The number of carbonyl (C=O) groups excluding carboxylic acids is 1. The Kier molecular flexibility index (Phi) is 5.67. The number of hydrogen-bond donors (Lipinski definition) is 1. The second-order valence-electron chi connectivity index (χ2n) is 6.75. The number of carbonyl (C=O) groups is 1. The molecular weight excluding hydrogens is 520 g/mol. The van der Waals surface area contributed by atoms with E-state index in [2.05, 4.69) is 36.4 Å². The van der Waals surface area contributed by atoms with E-state index in [1.807, 2.05) is 0 Å². The normalized spacial score (nSPS) is 11.8. The molecular formula is C19H12BrClF4N6O. The fourth-order valence-corrected chi connectivity index (χ4v) is 3.70. The molecule has 0 saturated carbocycles. The molecule has 0 spiro atoms. The lowest BCUT2D eigenvalue weighted by Crippen LogP contribution is -2.16. The number of aryl methyl sites for hydroxylation is 1. The van der Waals surface area contributed by atoms with Crippen molar-refractivity contribution in [3.8, 4) is 0 Å². The van der Waals surface area contributed by atoms with Gasteiger partial charge in [0.05, 0.1) is 11.0 Å². The number of hydrogen-bond acceptors (Lipinski definition) is 4. The van der Waals surface area contributed by atoms with Crippen LogP contribution in [0.1, 0.15) is 27.4 Å². The summed E-state index contributed by atoms with van der Waals surface area (Å²) in [7, 11) is 0. The number of rotatable bonds is 4. The van der Waals surface area contributed by atoms with Gasteiger partial charge in [0, 0.05) is 17.5 Å². The zero-order valence-corrected chi connectivity index (χ0v) is 18.4. The summed E-state index contributed by atoms with van der Waals surface area (Å²) in [4.78, 5) is 16.8. The molecule has 32 heavy (non-hydrogen) atoms. The second-order valence-corrected chi connectivity index (χ2v) is 7.95. The van der Waals surface area contributed by atoms with E-state index >= 15 is 0 Å². The van der Waals surface area contributed by atoms with Gasteiger partial charge in [-0.25, -0.2) is 13.9 Å². The van der Waals surface area contributed by atoms with Crippen molar-refractivity contribution in [1.82, 2.24) is 24.4 Å². The predicted molar refractivity (Wildman–Crippen MR) is 111 cm³/mol. The molecule has 1 aromatic carbocycles. The molecule has 0 fully saturated rings. The van der Waals surface area contributed by atoms with Gasteiger partial charge in [-0.3, -0.25) is 9.48 Å². The molecule has 4 rings (SSSR count). The van der Waals surface area contributed by atoms with E-state index in [0.717, 1.165) is 6.07 Å². The number of nitrogens with one attached hydrogen (secondary N) is 1. The minimum Gasteiger partial charge on any atom is -0.302 e. The monoisotopic (exact) mass is 530 g/mol. The maximum Gasteiger partial charge on any atom is 0.433 e. The fraction of sp³-hybridized carbons (Fsp3) is 0.158. The number of aromatic nitrogens is 5. The quantitative estimate of drug-likeness (QED) is 0.372. The Morgan fingerprint density at radius 2 is 1.97 bits per heavy atom. The summed E-state index contributed by atoms with van der Waals surface area (Å²) >= 11 is 9.22. The lowest BCUT2D eigenvalue weighted by molar-refractivity contribution is -0.142. The Morgan fingerprint density at radius 1 is 1.25 bits per heavy atom. The van der Waals surface area contributed by atoms with Crippen LogP contribution < -0.4 is 5.32 Å². The SMILES string of the molecule is Cc1cc(C(F)(F)F)n2nc(C(=O)Nc3nn(Cc4ccccc4F)cc3Cl)c(Br)c2n1. The molecule has 3 heterocycles. The van der Waals surface area contributed by atoms with E-state index in [1.54, 1.807) is 18.2 Å². The molecule has 4 aromatic rings. The van der Waals surface area contributed by atoms with Crippen LogP contribution in [0.3, 0.4) is 0 Å². The summed E-state index contributed by atoms with van der Waals surface area (Å²) in [6.07, 6.45) is -3.32. The van der Waals surface area contributed by atoms with Crippen LogP contribution in [0.2, 0.25) is 5.02 Å². The number of nitrogens with zero attached hydrogens (tertiary/aromatic N) is 5. The molecule has 0 saturated heterocycles. The van der Waals surface area contributed by atoms with Crippen LogP contribution in [-0.4, -0.2) is 30.3 Å². The van der Waals surface area contributed by atoms with Crippen molar-refractivity contribution in [2.45, 2.75) is 19.6 Å². The largest absolute Gasteiger partial charge is 0.433 e. The highest BCUT2D eigenvalue weighted by molar-refractivity contribution is 9.10. The number of halogens is 6. The number of benzene rings is 1. The van der Waals surface area contributed by atoms with Gasteiger partial charge in [0.15, 0.2) is 17.2 Å². The summed E-state index contributed by atoms with van der Waals surface area (Å²) in [5.74, 6) is -1.34. The second kappa shape index (κ2) is 8.17. The first-order valence-electron chi connectivity index (χ1n) is 8.95. The first-order valence-corrected chi connectivity index (χ1v) is 10.1. The topological polar surface area (TPSA) is 77.1 Å². The molecule has 0 atom stereocenters. The molecule has 0 aliphatic heterocycles. The van der Waals surface area contributed by atoms with Crippen molar-refractivity contribution >= 4 is 44.9 Å². The van der Waals surface area contributed by atoms with Gasteiger partial charge in [0.2, 0.25) is 0 Å². The number of anilines is 1. The van der Waals surface area contributed by atoms with E-state index in [-0.39, 0.29) is 38.9 Å². The van der Waals surface area contributed by atoms with Crippen molar-refractivity contribution in [3.05, 3.63) is 74.5 Å². The van der Waals surface area contributed by atoms with Crippen molar-refractivity contribution in [2.24, 2.45) is 0 Å². The first kappa shape index (κ1) is 22.2. The predicted octanol–water partition coefficient (Wildman–Crippen LogP) is 5.11. The zero-order chi connectivity index (χ0) is 23.2. The lowest BCUT2D eigenvalue weighted by Gasteiger charge is -2.09. The van der Waals surface area contributed by atoms with Crippen LogP contribution >= 0.6 is 27.5 Å². The van der Waals surface area contributed by atoms with Crippen molar-refractivity contribution < 1.29 is 22.4 Å². The standard InChI is InChI=1S/C19H12BrClF4N6O/c1-9-6-13(19(23,24)25)31-17(26-9)14(20)15(28-31)18(32)27-16-11(21)8-30(29-16)7-10-4-2-3-5-12(10)22/h2-6,8H,7H2,1H3,(H,27,29,32). The average Bonchev–Trinajstić information content (AvgIpc) is 3.22. The maximum absolute atomic E-state index is 13.9. The highest BCUT2D eigenvalue weighted by Gasteiger charge is 2.36. The Bertz CT molecular complexity index is 1350. The van der Waals surface area contributed by atoms with E-state index in [1.165, 1.54) is 23.9 Å². The van der Waals surface area contributed by atoms with Gasteiger partial charge in [0.25, 0.3) is 5.91 Å². The zero-order valence-electron chi connectivity index (χ0n) is 16.1. The van der Waals surface area contributed by atoms with E-state index < -0.39 is 23.6 Å². The van der Waals surface area contributed by atoms with Gasteiger partial charge in [0.1, 0.15) is 16.5 Å². The molecule has 1 N–H and O–H groups in total. The van der Waals surface area contributed by atoms with Gasteiger partial charge in [-0.2, -0.15) is 23.4 Å². The molecule has 1 amide bonds. The minimum absolute atomic E-state index is 0.0221. The lowest BCUT2D eigenvalue weighted by atomic mass is 10.2.